The number of benzene rings is 1. The van der Waals surface area contributed by atoms with Crippen LogP contribution in [-0.2, 0) is 4.79 Å². The minimum absolute atomic E-state index is 0.0146. The van der Waals surface area contributed by atoms with E-state index in [1.807, 2.05) is 13.8 Å². The predicted molar refractivity (Wildman–Crippen MR) is 65.8 cm³/mol. The number of para-hydroxylation sites is 1. The van der Waals surface area contributed by atoms with Gasteiger partial charge in [0.2, 0.25) is 5.91 Å². The highest BCUT2D eigenvalue weighted by molar-refractivity contribution is 6.11. The number of carbonyl (C=O) groups is 2. The standard InChI is InChI=1S/C13H16N2O2/c1-8(2)13(3)12(17)14-10-7-5-4-6-9(10)11(16)15-13/h4-8H,1-3H3,(H,14,17)(H,15,16)/t13-/m1/s1. The molecule has 1 aliphatic rings. The summed E-state index contributed by atoms with van der Waals surface area (Å²) in [6, 6.07) is 7.02. The molecule has 0 saturated heterocycles. The second-order valence-corrected chi connectivity index (χ2v) is 4.81. The largest absolute Gasteiger partial charge is 0.338 e. The Balaban J connectivity index is 2.49. The van der Waals surface area contributed by atoms with Crippen molar-refractivity contribution >= 4 is 17.5 Å². The lowest BCUT2D eigenvalue weighted by molar-refractivity contribution is -0.123. The molecule has 0 spiro atoms. The quantitative estimate of drug-likeness (QED) is 0.775. The van der Waals surface area contributed by atoms with Crippen LogP contribution in [0.1, 0.15) is 31.1 Å². The fraction of sp³-hybridized carbons (Fsp3) is 0.385. The van der Waals surface area contributed by atoms with Crippen molar-refractivity contribution in [2.75, 3.05) is 5.32 Å². The number of hydrogen-bond acceptors (Lipinski definition) is 2. The normalized spacial score (nSPS) is 23.8. The number of hydrogen-bond donors (Lipinski definition) is 2. The van der Waals surface area contributed by atoms with Crippen LogP contribution in [0.4, 0.5) is 5.69 Å². The maximum absolute atomic E-state index is 12.2. The number of nitrogens with one attached hydrogen (secondary N) is 2. The first-order chi connectivity index (χ1) is 7.95. The summed E-state index contributed by atoms with van der Waals surface area (Å²) >= 11 is 0. The number of rotatable bonds is 1. The van der Waals surface area contributed by atoms with E-state index in [1.54, 1.807) is 31.2 Å². The van der Waals surface area contributed by atoms with Gasteiger partial charge in [0.25, 0.3) is 5.91 Å². The van der Waals surface area contributed by atoms with E-state index in [-0.39, 0.29) is 17.7 Å². The zero-order chi connectivity index (χ0) is 12.6. The molecule has 1 aromatic rings. The van der Waals surface area contributed by atoms with Crippen LogP contribution >= 0.6 is 0 Å². The maximum atomic E-state index is 12.2. The molecular weight excluding hydrogens is 216 g/mol. The van der Waals surface area contributed by atoms with Crippen LogP contribution < -0.4 is 10.6 Å². The monoisotopic (exact) mass is 232 g/mol. The van der Waals surface area contributed by atoms with Crippen molar-refractivity contribution in [2.45, 2.75) is 26.3 Å². The Bertz CT molecular complexity index is 482. The Morgan fingerprint density at radius 2 is 1.82 bits per heavy atom. The molecule has 17 heavy (non-hydrogen) atoms. The van der Waals surface area contributed by atoms with E-state index < -0.39 is 5.54 Å². The van der Waals surface area contributed by atoms with Gasteiger partial charge in [-0.15, -0.1) is 0 Å². The Labute approximate surface area is 100 Å². The van der Waals surface area contributed by atoms with E-state index in [4.69, 9.17) is 0 Å². The Hall–Kier alpha value is -1.84. The summed E-state index contributed by atoms with van der Waals surface area (Å²) in [5, 5.41) is 5.61. The van der Waals surface area contributed by atoms with Crippen molar-refractivity contribution in [3.05, 3.63) is 29.8 Å². The highest BCUT2D eigenvalue weighted by Crippen LogP contribution is 2.26. The van der Waals surface area contributed by atoms with Gasteiger partial charge in [-0.25, -0.2) is 0 Å². The van der Waals surface area contributed by atoms with Crippen molar-refractivity contribution < 1.29 is 9.59 Å². The van der Waals surface area contributed by atoms with Gasteiger partial charge in [0, 0.05) is 0 Å². The van der Waals surface area contributed by atoms with E-state index in [9.17, 15) is 9.59 Å². The van der Waals surface area contributed by atoms with Crippen molar-refractivity contribution in [3.63, 3.8) is 0 Å². The molecule has 0 bridgehead atoms. The molecule has 1 heterocycles. The maximum Gasteiger partial charge on any atom is 0.254 e. The first-order valence-electron chi connectivity index (χ1n) is 5.68. The van der Waals surface area contributed by atoms with Crippen LogP contribution in [-0.4, -0.2) is 17.4 Å². The molecule has 0 unspecified atom stereocenters. The summed E-state index contributed by atoms with van der Waals surface area (Å²) in [5.74, 6) is -0.373. The molecular formula is C13H16N2O2. The first kappa shape index (κ1) is 11.6. The van der Waals surface area contributed by atoms with Crippen molar-refractivity contribution in [2.24, 2.45) is 5.92 Å². The van der Waals surface area contributed by atoms with Crippen molar-refractivity contribution in [1.82, 2.24) is 5.32 Å². The highest BCUT2D eigenvalue weighted by Gasteiger charge is 2.41. The van der Waals surface area contributed by atoms with Gasteiger partial charge in [-0.05, 0) is 25.0 Å². The molecule has 90 valence electrons. The fourth-order valence-electron chi connectivity index (χ4n) is 1.81. The molecule has 4 nitrogen and oxygen atoms in total. The average molecular weight is 232 g/mol. The van der Waals surface area contributed by atoms with Crippen LogP contribution in [0.3, 0.4) is 0 Å². The molecule has 1 aromatic carbocycles. The minimum atomic E-state index is -0.879. The van der Waals surface area contributed by atoms with Crippen LogP contribution in [0.15, 0.2) is 24.3 Å². The lowest BCUT2D eigenvalue weighted by atomic mass is 9.87. The van der Waals surface area contributed by atoms with Crippen LogP contribution in [0.5, 0.6) is 0 Å². The van der Waals surface area contributed by atoms with Crippen LogP contribution in [0.2, 0.25) is 0 Å². The van der Waals surface area contributed by atoms with E-state index >= 15 is 0 Å². The lowest BCUT2D eigenvalue weighted by Gasteiger charge is -2.31. The van der Waals surface area contributed by atoms with Crippen molar-refractivity contribution in [3.8, 4) is 0 Å². The Morgan fingerprint density at radius 3 is 2.47 bits per heavy atom. The van der Waals surface area contributed by atoms with E-state index in [0.717, 1.165) is 0 Å². The number of anilines is 1. The van der Waals surface area contributed by atoms with Crippen molar-refractivity contribution in [1.29, 1.82) is 0 Å². The number of amides is 2. The van der Waals surface area contributed by atoms with Gasteiger partial charge in [0.05, 0.1) is 11.3 Å². The molecule has 0 aliphatic carbocycles. The fourth-order valence-corrected chi connectivity index (χ4v) is 1.81. The molecule has 1 atom stereocenters. The lowest BCUT2D eigenvalue weighted by Crippen LogP contribution is -2.56. The second-order valence-electron chi connectivity index (χ2n) is 4.81. The van der Waals surface area contributed by atoms with Gasteiger partial charge < -0.3 is 10.6 Å². The number of carbonyl (C=O) groups excluding carboxylic acids is 2. The van der Waals surface area contributed by atoms with Crippen LogP contribution in [0, 0.1) is 5.92 Å². The van der Waals surface area contributed by atoms with Gasteiger partial charge in [0.1, 0.15) is 5.54 Å². The molecule has 0 fully saturated rings. The van der Waals surface area contributed by atoms with Crippen LogP contribution in [0.25, 0.3) is 0 Å². The zero-order valence-corrected chi connectivity index (χ0v) is 10.2. The molecule has 2 amide bonds. The third kappa shape index (κ3) is 1.79. The predicted octanol–water partition coefficient (Wildman–Crippen LogP) is 1.78. The highest BCUT2D eigenvalue weighted by atomic mass is 16.2. The zero-order valence-electron chi connectivity index (χ0n) is 10.2. The summed E-state index contributed by atoms with van der Waals surface area (Å²) in [6.07, 6.45) is 0. The van der Waals surface area contributed by atoms with E-state index in [2.05, 4.69) is 10.6 Å². The van der Waals surface area contributed by atoms with Gasteiger partial charge in [0.15, 0.2) is 0 Å². The van der Waals surface area contributed by atoms with Gasteiger partial charge >= 0.3 is 0 Å². The summed E-state index contributed by atoms with van der Waals surface area (Å²) in [6.45, 7) is 5.57. The SMILES string of the molecule is CC(C)[C@@]1(C)NC(=O)c2ccccc2NC1=O. The van der Waals surface area contributed by atoms with Gasteiger partial charge in [-0.1, -0.05) is 26.0 Å². The summed E-state index contributed by atoms with van der Waals surface area (Å²) in [5.41, 5.74) is 0.195. The minimum Gasteiger partial charge on any atom is -0.338 e. The molecule has 0 radical (unpaired) electrons. The number of fused-ring (bicyclic) bond motifs is 1. The molecule has 2 N–H and O–H groups in total. The van der Waals surface area contributed by atoms with E-state index in [1.165, 1.54) is 0 Å². The third-order valence-corrected chi connectivity index (χ3v) is 3.42. The summed E-state index contributed by atoms with van der Waals surface area (Å²) < 4.78 is 0. The molecule has 4 heteroatoms. The topological polar surface area (TPSA) is 58.2 Å². The first-order valence-corrected chi connectivity index (χ1v) is 5.68. The Morgan fingerprint density at radius 1 is 1.18 bits per heavy atom. The molecule has 2 rings (SSSR count). The smallest absolute Gasteiger partial charge is 0.254 e. The average Bonchev–Trinajstić information content (AvgIpc) is 2.37. The summed E-state index contributed by atoms with van der Waals surface area (Å²) in [4.78, 5) is 24.2. The second kappa shape index (κ2) is 3.87. The summed E-state index contributed by atoms with van der Waals surface area (Å²) in [7, 11) is 0. The molecule has 1 aliphatic heterocycles. The van der Waals surface area contributed by atoms with Gasteiger partial charge in [-0.2, -0.15) is 0 Å². The third-order valence-electron chi connectivity index (χ3n) is 3.42. The Kier molecular flexibility index (Phi) is 2.65. The van der Waals surface area contributed by atoms with Gasteiger partial charge in [-0.3, -0.25) is 9.59 Å². The molecule has 0 saturated carbocycles. The van der Waals surface area contributed by atoms with E-state index in [0.29, 0.717) is 11.3 Å². The molecule has 0 aromatic heterocycles.